The number of phenols is 4. The lowest BCUT2D eigenvalue weighted by Gasteiger charge is -2.01. The molecule has 0 amide bonds. The van der Waals surface area contributed by atoms with Crippen molar-refractivity contribution in [2.75, 3.05) is 0 Å². The molecule has 0 aliphatic carbocycles. The first-order valence-corrected chi connectivity index (χ1v) is 5.14. The van der Waals surface area contributed by atoms with E-state index in [-0.39, 0.29) is 5.75 Å². The molecule has 5 nitrogen and oxygen atoms in total. The second-order valence-electron chi connectivity index (χ2n) is 3.68. The predicted octanol–water partition coefficient (Wildman–Crippen LogP) is 2.26. The highest BCUT2D eigenvalue weighted by Crippen LogP contribution is 2.34. The Morgan fingerprint density at radius 1 is 0.833 bits per heavy atom. The van der Waals surface area contributed by atoms with Gasteiger partial charge in [0.15, 0.2) is 17.2 Å². The van der Waals surface area contributed by atoms with Crippen molar-refractivity contribution in [3.8, 4) is 23.0 Å². The van der Waals surface area contributed by atoms with E-state index in [0.717, 1.165) is 0 Å². The SMILES string of the molecule is Oc1ccc(N=Cc2cc(O)c(O)c(O)c2)cc1. The standard InChI is InChI=1S/C13H11NO4/c15-10-3-1-9(2-4-10)14-7-8-5-11(16)13(18)12(17)6-8/h1-7,15-18H. The molecule has 2 aromatic rings. The molecule has 0 aliphatic heterocycles. The summed E-state index contributed by atoms with van der Waals surface area (Å²) in [4.78, 5) is 4.09. The average Bonchev–Trinajstić information content (AvgIpc) is 2.35. The van der Waals surface area contributed by atoms with Crippen LogP contribution in [0.15, 0.2) is 41.4 Å². The molecule has 4 N–H and O–H groups in total. The van der Waals surface area contributed by atoms with Gasteiger partial charge < -0.3 is 20.4 Å². The highest BCUT2D eigenvalue weighted by atomic mass is 16.3. The quantitative estimate of drug-likeness (QED) is 0.482. The van der Waals surface area contributed by atoms with Crippen LogP contribution in [0.2, 0.25) is 0 Å². The minimum absolute atomic E-state index is 0.147. The maximum Gasteiger partial charge on any atom is 0.200 e. The monoisotopic (exact) mass is 245 g/mol. The van der Waals surface area contributed by atoms with Crippen LogP contribution in [0.5, 0.6) is 23.0 Å². The summed E-state index contributed by atoms with van der Waals surface area (Å²) in [5, 5.41) is 36.9. The van der Waals surface area contributed by atoms with Gasteiger partial charge in [0.05, 0.1) is 5.69 Å². The Morgan fingerprint density at radius 3 is 1.94 bits per heavy atom. The van der Waals surface area contributed by atoms with Crippen LogP contribution in [0.3, 0.4) is 0 Å². The van der Waals surface area contributed by atoms with Crippen molar-refractivity contribution in [3.05, 3.63) is 42.0 Å². The number of aliphatic imine (C=N–C) groups is 1. The summed E-state index contributed by atoms with van der Waals surface area (Å²) in [7, 11) is 0. The second kappa shape index (κ2) is 4.67. The van der Waals surface area contributed by atoms with Crippen LogP contribution in [0.25, 0.3) is 0 Å². The Morgan fingerprint density at radius 2 is 1.39 bits per heavy atom. The predicted molar refractivity (Wildman–Crippen MR) is 66.8 cm³/mol. The van der Waals surface area contributed by atoms with Gasteiger partial charge >= 0.3 is 0 Å². The molecule has 5 heteroatoms. The third-order valence-electron chi connectivity index (χ3n) is 2.30. The van der Waals surface area contributed by atoms with Crippen molar-refractivity contribution in [2.24, 2.45) is 4.99 Å². The third-order valence-corrected chi connectivity index (χ3v) is 2.30. The smallest absolute Gasteiger partial charge is 0.200 e. The van der Waals surface area contributed by atoms with E-state index in [9.17, 15) is 15.3 Å². The van der Waals surface area contributed by atoms with Gasteiger partial charge in [-0.1, -0.05) is 0 Å². The van der Waals surface area contributed by atoms with E-state index in [1.54, 1.807) is 12.1 Å². The molecule has 0 aromatic heterocycles. The molecule has 2 aromatic carbocycles. The fourth-order valence-corrected chi connectivity index (χ4v) is 1.39. The summed E-state index contributed by atoms with van der Waals surface area (Å²) >= 11 is 0. The lowest BCUT2D eigenvalue weighted by Crippen LogP contribution is -1.81. The summed E-state index contributed by atoms with van der Waals surface area (Å²) in [5.74, 6) is -1.24. The zero-order valence-electron chi connectivity index (χ0n) is 9.28. The largest absolute Gasteiger partial charge is 0.508 e. The van der Waals surface area contributed by atoms with Crippen molar-refractivity contribution in [3.63, 3.8) is 0 Å². The van der Waals surface area contributed by atoms with E-state index in [4.69, 9.17) is 5.11 Å². The van der Waals surface area contributed by atoms with E-state index in [2.05, 4.69) is 4.99 Å². The fraction of sp³-hybridized carbons (Fsp3) is 0. The van der Waals surface area contributed by atoms with Gasteiger partial charge in [0.25, 0.3) is 0 Å². The summed E-state index contributed by atoms with van der Waals surface area (Å²) in [6.07, 6.45) is 1.42. The van der Waals surface area contributed by atoms with Crippen molar-refractivity contribution < 1.29 is 20.4 Å². The molecule has 0 bridgehead atoms. The highest BCUT2D eigenvalue weighted by Gasteiger charge is 2.06. The average molecular weight is 245 g/mol. The maximum atomic E-state index is 9.31. The minimum atomic E-state index is -0.559. The Balaban J connectivity index is 2.26. The van der Waals surface area contributed by atoms with Crippen molar-refractivity contribution >= 4 is 11.9 Å². The third kappa shape index (κ3) is 2.52. The molecular formula is C13H11NO4. The van der Waals surface area contributed by atoms with Crippen LogP contribution in [0.4, 0.5) is 5.69 Å². The van der Waals surface area contributed by atoms with E-state index in [0.29, 0.717) is 11.3 Å². The zero-order chi connectivity index (χ0) is 13.1. The summed E-state index contributed by atoms with van der Waals surface area (Å²) < 4.78 is 0. The van der Waals surface area contributed by atoms with Gasteiger partial charge in [-0.05, 0) is 36.4 Å². The topological polar surface area (TPSA) is 93.3 Å². The Labute approximate surface area is 103 Å². The minimum Gasteiger partial charge on any atom is -0.508 e. The summed E-state index contributed by atoms with van der Waals surface area (Å²) in [6.45, 7) is 0. The van der Waals surface area contributed by atoms with Crippen LogP contribution in [0.1, 0.15) is 5.56 Å². The molecule has 0 atom stereocenters. The molecule has 0 fully saturated rings. The van der Waals surface area contributed by atoms with Gasteiger partial charge in [-0.3, -0.25) is 4.99 Å². The molecule has 0 aliphatic rings. The molecule has 0 spiro atoms. The number of benzene rings is 2. The van der Waals surface area contributed by atoms with Crippen molar-refractivity contribution in [1.29, 1.82) is 0 Å². The molecular weight excluding hydrogens is 234 g/mol. The normalized spacial score (nSPS) is 10.9. The number of hydrogen-bond donors (Lipinski definition) is 4. The number of hydrogen-bond acceptors (Lipinski definition) is 5. The van der Waals surface area contributed by atoms with Crippen LogP contribution in [0, 0.1) is 0 Å². The molecule has 2 rings (SSSR count). The molecule has 18 heavy (non-hydrogen) atoms. The first kappa shape index (κ1) is 11.8. The zero-order valence-corrected chi connectivity index (χ0v) is 9.28. The molecule has 0 saturated carbocycles. The molecule has 0 saturated heterocycles. The maximum absolute atomic E-state index is 9.31. The molecule has 0 radical (unpaired) electrons. The fourth-order valence-electron chi connectivity index (χ4n) is 1.39. The number of phenolic OH excluding ortho intramolecular Hbond substituents is 4. The molecule has 0 heterocycles. The van der Waals surface area contributed by atoms with E-state index in [1.165, 1.54) is 30.5 Å². The lowest BCUT2D eigenvalue weighted by atomic mass is 10.2. The Bertz CT molecular complexity index is 567. The molecule has 92 valence electrons. The van der Waals surface area contributed by atoms with Gasteiger partial charge in [0.1, 0.15) is 5.75 Å². The second-order valence-corrected chi connectivity index (χ2v) is 3.68. The van der Waals surface area contributed by atoms with Gasteiger partial charge in [0.2, 0.25) is 0 Å². The first-order valence-electron chi connectivity index (χ1n) is 5.14. The van der Waals surface area contributed by atoms with Gasteiger partial charge in [-0.25, -0.2) is 0 Å². The van der Waals surface area contributed by atoms with Gasteiger partial charge in [-0.15, -0.1) is 0 Å². The van der Waals surface area contributed by atoms with E-state index in [1.807, 2.05) is 0 Å². The highest BCUT2D eigenvalue weighted by molar-refractivity contribution is 5.84. The Kier molecular flexibility index (Phi) is 3.05. The van der Waals surface area contributed by atoms with Gasteiger partial charge in [0, 0.05) is 11.8 Å². The van der Waals surface area contributed by atoms with Crippen LogP contribution < -0.4 is 0 Å². The van der Waals surface area contributed by atoms with Crippen LogP contribution in [-0.2, 0) is 0 Å². The lowest BCUT2D eigenvalue weighted by molar-refractivity contribution is 0.368. The molecule has 0 unspecified atom stereocenters. The van der Waals surface area contributed by atoms with Crippen LogP contribution >= 0.6 is 0 Å². The summed E-state index contributed by atoms with van der Waals surface area (Å²) in [5.41, 5.74) is 1.05. The van der Waals surface area contributed by atoms with E-state index >= 15 is 0 Å². The van der Waals surface area contributed by atoms with Crippen LogP contribution in [-0.4, -0.2) is 26.6 Å². The van der Waals surface area contributed by atoms with Crippen molar-refractivity contribution in [1.82, 2.24) is 0 Å². The Hall–Kier alpha value is -2.69. The summed E-state index contributed by atoms with van der Waals surface area (Å²) in [6, 6.07) is 8.78. The van der Waals surface area contributed by atoms with E-state index < -0.39 is 17.2 Å². The van der Waals surface area contributed by atoms with Gasteiger partial charge in [-0.2, -0.15) is 0 Å². The first-order chi connectivity index (χ1) is 8.56. The number of aromatic hydroxyl groups is 4. The number of nitrogens with zero attached hydrogens (tertiary/aromatic N) is 1. The number of rotatable bonds is 2. The van der Waals surface area contributed by atoms with Crippen molar-refractivity contribution in [2.45, 2.75) is 0 Å².